The van der Waals surface area contributed by atoms with Crippen LogP contribution >= 0.6 is 0 Å². The van der Waals surface area contributed by atoms with Gasteiger partial charge in [-0.25, -0.2) is 4.98 Å². The number of nitrogens with zero attached hydrogens (tertiary/aromatic N) is 4. The minimum atomic E-state index is -0.934. The number of imidazole rings is 1. The number of ether oxygens (including phenoxy) is 2. The standard InChI is InChI=1S/C21H25FN6O3/c1-11-7-13-14(31-10-30-13)8-12(11)9-15-24-17-18(23)25-20(22)26-19(17)28(15)6-5-16(29)27-21(2,3)4/h7-8H,5-6,9-10H2,1-4H3,(H,27,29)(H2,23,25,26). The monoisotopic (exact) mass is 428 g/mol. The van der Waals surface area contributed by atoms with Crippen molar-refractivity contribution in [2.75, 3.05) is 12.5 Å². The van der Waals surface area contributed by atoms with Crippen molar-refractivity contribution in [1.29, 1.82) is 0 Å². The fourth-order valence-electron chi connectivity index (χ4n) is 3.55. The lowest BCUT2D eigenvalue weighted by molar-refractivity contribution is -0.122. The zero-order valence-electron chi connectivity index (χ0n) is 18.0. The second kappa shape index (κ2) is 7.68. The molecule has 1 amide bonds. The van der Waals surface area contributed by atoms with Gasteiger partial charge in [0.25, 0.3) is 0 Å². The molecule has 9 nitrogen and oxygen atoms in total. The third-order valence-corrected chi connectivity index (χ3v) is 4.93. The van der Waals surface area contributed by atoms with E-state index in [1.807, 2.05) is 39.8 Å². The van der Waals surface area contributed by atoms with Gasteiger partial charge < -0.3 is 25.1 Å². The van der Waals surface area contributed by atoms with Gasteiger partial charge in [0, 0.05) is 24.9 Å². The lowest BCUT2D eigenvalue weighted by Crippen LogP contribution is -2.40. The Morgan fingerprint density at radius 1 is 1.23 bits per heavy atom. The molecule has 3 heterocycles. The number of halogens is 1. The molecule has 0 aliphatic carbocycles. The predicted octanol–water partition coefficient (Wildman–Crippen LogP) is 2.48. The number of aryl methyl sites for hydroxylation is 2. The molecule has 0 radical (unpaired) electrons. The smallest absolute Gasteiger partial charge is 0.312 e. The van der Waals surface area contributed by atoms with E-state index in [9.17, 15) is 9.18 Å². The molecule has 0 saturated heterocycles. The van der Waals surface area contributed by atoms with Gasteiger partial charge >= 0.3 is 6.08 Å². The van der Waals surface area contributed by atoms with E-state index in [4.69, 9.17) is 15.2 Å². The fraction of sp³-hybridized carbons (Fsp3) is 0.429. The Morgan fingerprint density at radius 3 is 2.65 bits per heavy atom. The van der Waals surface area contributed by atoms with Crippen molar-refractivity contribution in [3.63, 3.8) is 0 Å². The molecule has 1 aliphatic rings. The van der Waals surface area contributed by atoms with Crippen molar-refractivity contribution >= 4 is 22.9 Å². The number of hydrogen-bond acceptors (Lipinski definition) is 7. The Bertz CT molecular complexity index is 1170. The Hall–Kier alpha value is -3.43. The Balaban J connectivity index is 1.70. The first kappa shape index (κ1) is 20.8. The molecule has 1 aliphatic heterocycles. The average Bonchev–Trinajstić information content (AvgIpc) is 3.23. The molecule has 4 rings (SSSR count). The largest absolute Gasteiger partial charge is 0.454 e. The summed E-state index contributed by atoms with van der Waals surface area (Å²) in [4.78, 5) is 24.4. The third-order valence-electron chi connectivity index (χ3n) is 4.93. The normalized spacial score (nSPS) is 13.1. The van der Waals surface area contributed by atoms with Crippen LogP contribution in [-0.4, -0.2) is 37.8 Å². The second-order valence-corrected chi connectivity index (χ2v) is 8.59. The van der Waals surface area contributed by atoms with E-state index in [1.54, 1.807) is 4.57 Å². The summed E-state index contributed by atoms with van der Waals surface area (Å²) < 4.78 is 26.5. The first-order chi connectivity index (χ1) is 14.6. The van der Waals surface area contributed by atoms with Gasteiger partial charge in [-0.3, -0.25) is 4.79 Å². The molecule has 0 saturated carbocycles. The van der Waals surface area contributed by atoms with Crippen molar-refractivity contribution < 1.29 is 18.7 Å². The Morgan fingerprint density at radius 2 is 1.94 bits per heavy atom. The fourth-order valence-corrected chi connectivity index (χ4v) is 3.55. The SMILES string of the molecule is Cc1cc2c(cc1Cc1nc3c(N)nc(F)nc3n1CCC(=O)NC(C)(C)C)OCO2. The predicted molar refractivity (Wildman–Crippen MR) is 112 cm³/mol. The van der Waals surface area contributed by atoms with Crippen LogP contribution < -0.4 is 20.5 Å². The first-order valence-corrected chi connectivity index (χ1v) is 9.99. The van der Waals surface area contributed by atoms with Crippen LogP contribution in [0.1, 0.15) is 44.1 Å². The van der Waals surface area contributed by atoms with Gasteiger partial charge in [0.1, 0.15) is 5.82 Å². The lowest BCUT2D eigenvalue weighted by Gasteiger charge is -2.20. The van der Waals surface area contributed by atoms with Crippen molar-refractivity contribution in [3.8, 4) is 11.5 Å². The first-order valence-electron chi connectivity index (χ1n) is 9.99. The maximum Gasteiger partial charge on any atom is 0.312 e. The molecule has 10 heteroatoms. The molecule has 0 fully saturated rings. The summed E-state index contributed by atoms with van der Waals surface area (Å²) in [7, 11) is 0. The number of benzene rings is 1. The van der Waals surface area contributed by atoms with Crippen LogP contribution in [0, 0.1) is 13.0 Å². The summed E-state index contributed by atoms with van der Waals surface area (Å²) in [6.07, 6.45) is -0.335. The maximum atomic E-state index is 13.9. The van der Waals surface area contributed by atoms with Crippen LogP contribution in [0.25, 0.3) is 11.2 Å². The zero-order valence-corrected chi connectivity index (χ0v) is 18.0. The van der Waals surface area contributed by atoms with Crippen LogP contribution in [0.4, 0.5) is 10.2 Å². The van der Waals surface area contributed by atoms with Gasteiger partial charge in [0.2, 0.25) is 12.7 Å². The van der Waals surface area contributed by atoms with E-state index < -0.39 is 6.08 Å². The molecule has 0 unspecified atom stereocenters. The quantitative estimate of drug-likeness (QED) is 0.600. The minimum absolute atomic E-state index is 0.0379. The van der Waals surface area contributed by atoms with Crippen LogP contribution in [0.2, 0.25) is 0 Å². The van der Waals surface area contributed by atoms with Gasteiger partial charge in [0.15, 0.2) is 28.5 Å². The number of rotatable bonds is 5. The van der Waals surface area contributed by atoms with Gasteiger partial charge in [-0.15, -0.1) is 0 Å². The van der Waals surface area contributed by atoms with Gasteiger partial charge in [0.05, 0.1) is 0 Å². The van der Waals surface area contributed by atoms with E-state index in [0.29, 0.717) is 29.3 Å². The number of anilines is 1. The Kier molecular flexibility index (Phi) is 5.16. The van der Waals surface area contributed by atoms with Crippen molar-refractivity contribution in [1.82, 2.24) is 24.8 Å². The van der Waals surface area contributed by atoms with E-state index >= 15 is 0 Å². The number of hydrogen-bond donors (Lipinski definition) is 2. The van der Waals surface area contributed by atoms with E-state index in [-0.39, 0.29) is 42.7 Å². The highest BCUT2D eigenvalue weighted by molar-refractivity contribution is 5.82. The molecule has 1 aromatic carbocycles. The second-order valence-electron chi connectivity index (χ2n) is 8.59. The summed E-state index contributed by atoms with van der Waals surface area (Å²) >= 11 is 0. The topological polar surface area (TPSA) is 117 Å². The van der Waals surface area contributed by atoms with Gasteiger partial charge in [-0.05, 0) is 51.0 Å². The van der Waals surface area contributed by atoms with Crippen molar-refractivity contribution in [2.45, 2.75) is 52.6 Å². The maximum absolute atomic E-state index is 13.9. The molecule has 3 N–H and O–H groups in total. The van der Waals surface area contributed by atoms with Crippen LogP contribution in [-0.2, 0) is 17.8 Å². The van der Waals surface area contributed by atoms with E-state index in [1.165, 1.54) is 0 Å². The van der Waals surface area contributed by atoms with Crippen LogP contribution in [0.15, 0.2) is 12.1 Å². The number of carbonyl (C=O) groups excluding carboxylic acids is 1. The van der Waals surface area contributed by atoms with Crippen LogP contribution in [0.5, 0.6) is 11.5 Å². The molecule has 3 aromatic rings. The molecular weight excluding hydrogens is 403 g/mol. The summed E-state index contributed by atoms with van der Waals surface area (Å²) in [6.45, 7) is 8.16. The highest BCUT2D eigenvalue weighted by Gasteiger charge is 2.21. The third kappa shape index (κ3) is 4.37. The molecule has 31 heavy (non-hydrogen) atoms. The average molecular weight is 428 g/mol. The van der Waals surface area contributed by atoms with E-state index in [0.717, 1.165) is 11.1 Å². The summed E-state index contributed by atoms with van der Waals surface area (Å²) in [6, 6.07) is 3.82. The highest BCUT2D eigenvalue weighted by atomic mass is 19.1. The highest BCUT2D eigenvalue weighted by Crippen LogP contribution is 2.35. The van der Waals surface area contributed by atoms with Crippen molar-refractivity contribution in [2.24, 2.45) is 0 Å². The van der Waals surface area contributed by atoms with Gasteiger partial charge in [-0.2, -0.15) is 14.4 Å². The van der Waals surface area contributed by atoms with Crippen molar-refractivity contribution in [3.05, 3.63) is 35.2 Å². The lowest BCUT2D eigenvalue weighted by atomic mass is 10.0. The van der Waals surface area contributed by atoms with E-state index in [2.05, 4.69) is 20.3 Å². The van der Waals surface area contributed by atoms with Crippen LogP contribution in [0.3, 0.4) is 0 Å². The summed E-state index contributed by atoms with van der Waals surface area (Å²) in [5.74, 6) is 1.81. The number of carbonyl (C=O) groups is 1. The number of amides is 1. The van der Waals surface area contributed by atoms with Gasteiger partial charge in [-0.1, -0.05) is 0 Å². The molecular formula is C21H25FN6O3. The number of nitrogen functional groups attached to an aromatic ring is 1. The molecule has 0 atom stereocenters. The number of nitrogens with two attached hydrogens (primary N) is 1. The number of aromatic nitrogens is 4. The number of fused-ring (bicyclic) bond motifs is 2. The molecule has 0 bridgehead atoms. The summed E-state index contributed by atoms with van der Waals surface area (Å²) in [5.41, 5.74) is 8.09. The summed E-state index contributed by atoms with van der Waals surface area (Å²) in [5, 5.41) is 2.92. The molecule has 2 aromatic heterocycles. The molecule has 0 spiro atoms. The zero-order chi connectivity index (χ0) is 22.3. The Labute approximate surface area is 178 Å². The number of nitrogens with one attached hydrogen (secondary N) is 1. The minimum Gasteiger partial charge on any atom is -0.454 e. The molecule has 164 valence electrons.